The third-order valence-electron chi connectivity index (χ3n) is 3.33. The molecule has 0 aliphatic heterocycles. The monoisotopic (exact) mass is 330 g/mol. The Morgan fingerprint density at radius 3 is 2.58 bits per heavy atom. The minimum Gasteiger partial charge on any atom is -0.489 e. The van der Waals surface area contributed by atoms with Crippen LogP contribution < -0.4 is 15.4 Å². The summed E-state index contributed by atoms with van der Waals surface area (Å²) < 4.78 is 19.1. The van der Waals surface area contributed by atoms with Gasteiger partial charge in [0.2, 0.25) is 5.91 Å². The molecule has 0 unspecified atom stereocenters. The predicted molar refractivity (Wildman–Crippen MR) is 93.6 cm³/mol. The highest BCUT2D eigenvalue weighted by Crippen LogP contribution is 2.24. The highest BCUT2D eigenvalue weighted by atomic mass is 19.1. The SMILES string of the molecule is CC(C)Oc1ccccc1NC(=O)CCNCc1ccccc1F. The lowest BCUT2D eigenvalue weighted by Gasteiger charge is -2.14. The normalized spacial score (nSPS) is 10.7. The molecule has 0 atom stereocenters. The van der Waals surface area contributed by atoms with Gasteiger partial charge in [-0.2, -0.15) is 0 Å². The van der Waals surface area contributed by atoms with Crippen LogP contribution in [0.4, 0.5) is 10.1 Å². The topological polar surface area (TPSA) is 50.4 Å². The first-order valence-electron chi connectivity index (χ1n) is 8.06. The van der Waals surface area contributed by atoms with Crippen molar-refractivity contribution in [3.63, 3.8) is 0 Å². The van der Waals surface area contributed by atoms with E-state index >= 15 is 0 Å². The van der Waals surface area contributed by atoms with E-state index in [4.69, 9.17) is 4.74 Å². The van der Waals surface area contributed by atoms with Crippen LogP contribution in [-0.4, -0.2) is 18.6 Å². The van der Waals surface area contributed by atoms with Crippen molar-refractivity contribution >= 4 is 11.6 Å². The number of amides is 1. The molecular formula is C19H23FN2O2. The molecule has 24 heavy (non-hydrogen) atoms. The molecule has 0 saturated heterocycles. The number of para-hydroxylation sites is 2. The summed E-state index contributed by atoms with van der Waals surface area (Å²) >= 11 is 0. The van der Waals surface area contributed by atoms with Crippen molar-refractivity contribution in [3.8, 4) is 5.75 Å². The quantitative estimate of drug-likeness (QED) is 0.725. The molecule has 2 aromatic rings. The predicted octanol–water partition coefficient (Wildman–Crippen LogP) is 3.73. The summed E-state index contributed by atoms with van der Waals surface area (Å²) in [7, 11) is 0. The number of anilines is 1. The molecule has 0 aliphatic carbocycles. The Balaban J connectivity index is 1.79. The fraction of sp³-hybridized carbons (Fsp3) is 0.316. The van der Waals surface area contributed by atoms with Gasteiger partial charge < -0.3 is 15.4 Å². The molecule has 0 aromatic heterocycles. The molecule has 1 amide bonds. The Bertz CT molecular complexity index is 674. The zero-order chi connectivity index (χ0) is 17.4. The summed E-state index contributed by atoms with van der Waals surface area (Å²) in [5.74, 6) is 0.296. The van der Waals surface area contributed by atoms with Gasteiger partial charge in [-0.1, -0.05) is 30.3 Å². The smallest absolute Gasteiger partial charge is 0.225 e. The summed E-state index contributed by atoms with van der Waals surface area (Å²) in [5.41, 5.74) is 1.25. The number of halogens is 1. The average molecular weight is 330 g/mol. The van der Waals surface area contributed by atoms with Gasteiger partial charge in [-0.15, -0.1) is 0 Å². The molecule has 0 saturated carbocycles. The fourth-order valence-corrected chi connectivity index (χ4v) is 2.21. The van der Waals surface area contributed by atoms with Gasteiger partial charge in [0.1, 0.15) is 11.6 Å². The average Bonchev–Trinajstić information content (AvgIpc) is 2.54. The van der Waals surface area contributed by atoms with E-state index in [1.54, 1.807) is 18.2 Å². The lowest BCUT2D eigenvalue weighted by atomic mass is 10.2. The standard InChI is InChI=1S/C19H23FN2O2/c1-14(2)24-18-10-6-5-9-17(18)22-19(23)11-12-21-13-15-7-3-4-8-16(15)20/h3-10,14,21H,11-13H2,1-2H3,(H,22,23). The molecule has 128 valence electrons. The highest BCUT2D eigenvalue weighted by Gasteiger charge is 2.08. The molecule has 0 heterocycles. The van der Waals surface area contributed by atoms with E-state index in [-0.39, 0.29) is 17.8 Å². The molecular weight excluding hydrogens is 307 g/mol. The summed E-state index contributed by atoms with van der Waals surface area (Å²) in [6, 6.07) is 13.9. The van der Waals surface area contributed by atoms with Crippen molar-refractivity contribution in [2.75, 3.05) is 11.9 Å². The van der Waals surface area contributed by atoms with Gasteiger partial charge in [0.25, 0.3) is 0 Å². The minimum absolute atomic E-state index is 0.0329. The number of hydrogen-bond acceptors (Lipinski definition) is 3. The van der Waals surface area contributed by atoms with Gasteiger partial charge >= 0.3 is 0 Å². The van der Waals surface area contributed by atoms with Crippen molar-refractivity contribution in [1.29, 1.82) is 0 Å². The Morgan fingerprint density at radius 1 is 1.12 bits per heavy atom. The molecule has 2 N–H and O–H groups in total. The zero-order valence-electron chi connectivity index (χ0n) is 14.0. The number of nitrogens with one attached hydrogen (secondary N) is 2. The number of hydrogen-bond donors (Lipinski definition) is 2. The molecule has 2 aromatic carbocycles. The van der Waals surface area contributed by atoms with Crippen LogP contribution in [0.5, 0.6) is 5.75 Å². The van der Waals surface area contributed by atoms with E-state index in [2.05, 4.69) is 10.6 Å². The lowest BCUT2D eigenvalue weighted by Crippen LogP contribution is -2.22. The van der Waals surface area contributed by atoms with E-state index in [0.29, 0.717) is 36.5 Å². The Morgan fingerprint density at radius 2 is 1.83 bits per heavy atom. The molecule has 0 aliphatic rings. The molecule has 5 heteroatoms. The van der Waals surface area contributed by atoms with Gasteiger partial charge in [-0.3, -0.25) is 4.79 Å². The molecule has 4 nitrogen and oxygen atoms in total. The van der Waals surface area contributed by atoms with Gasteiger partial charge in [-0.05, 0) is 32.0 Å². The van der Waals surface area contributed by atoms with Crippen molar-refractivity contribution in [1.82, 2.24) is 5.32 Å². The van der Waals surface area contributed by atoms with Crippen LogP contribution in [-0.2, 0) is 11.3 Å². The second-order valence-electron chi connectivity index (χ2n) is 5.73. The molecule has 0 spiro atoms. The summed E-state index contributed by atoms with van der Waals surface area (Å²) in [4.78, 5) is 12.0. The highest BCUT2D eigenvalue weighted by molar-refractivity contribution is 5.92. The number of benzene rings is 2. The largest absolute Gasteiger partial charge is 0.489 e. The van der Waals surface area contributed by atoms with Crippen LogP contribution in [0.3, 0.4) is 0 Å². The van der Waals surface area contributed by atoms with Crippen LogP contribution in [0.15, 0.2) is 48.5 Å². The number of carbonyl (C=O) groups is 1. The van der Waals surface area contributed by atoms with E-state index in [9.17, 15) is 9.18 Å². The molecule has 0 fully saturated rings. The van der Waals surface area contributed by atoms with Crippen molar-refractivity contribution < 1.29 is 13.9 Å². The van der Waals surface area contributed by atoms with Crippen LogP contribution in [0.1, 0.15) is 25.8 Å². The summed E-state index contributed by atoms with van der Waals surface area (Å²) in [5, 5.41) is 5.92. The van der Waals surface area contributed by atoms with Gasteiger partial charge in [0.15, 0.2) is 0 Å². The van der Waals surface area contributed by atoms with Crippen molar-refractivity contribution in [3.05, 3.63) is 59.9 Å². The first-order valence-corrected chi connectivity index (χ1v) is 8.06. The summed E-state index contributed by atoms with van der Waals surface area (Å²) in [6.45, 7) is 4.73. The van der Waals surface area contributed by atoms with Gasteiger partial charge in [0, 0.05) is 25.1 Å². The van der Waals surface area contributed by atoms with E-state index in [1.165, 1.54) is 6.07 Å². The first-order chi connectivity index (χ1) is 11.6. The van der Waals surface area contributed by atoms with Crippen LogP contribution >= 0.6 is 0 Å². The first kappa shape index (κ1) is 17.9. The van der Waals surface area contributed by atoms with Crippen LogP contribution in [0.25, 0.3) is 0 Å². The maximum Gasteiger partial charge on any atom is 0.225 e. The number of rotatable bonds is 8. The van der Waals surface area contributed by atoms with E-state index in [0.717, 1.165) is 0 Å². The Hall–Kier alpha value is -2.40. The summed E-state index contributed by atoms with van der Waals surface area (Å²) in [6.07, 6.45) is 0.329. The number of ether oxygens (including phenoxy) is 1. The third kappa shape index (κ3) is 5.66. The molecule has 2 rings (SSSR count). The second kappa shape index (κ2) is 9.03. The van der Waals surface area contributed by atoms with Crippen LogP contribution in [0.2, 0.25) is 0 Å². The van der Waals surface area contributed by atoms with Crippen molar-refractivity contribution in [2.24, 2.45) is 0 Å². The second-order valence-corrected chi connectivity index (χ2v) is 5.73. The van der Waals surface area contributed by atoms with Gasteiger partial charge in [0.05, 0.1) is 11.8 Å². The maximum atomic E-state index is 13.5. The van der Waals surface area contributed by atoms with Crippen LogP contribution in [0, 0.1) is 5.82 Å². The van der Waals surface area contributed by atoms with Gasteiger partial charge in [-0.25, -0.2) is 4.39 Å². The van der Waals surface area contributed by atoms with Crippen molar-refractivity contribution in [2.45, 2.75) is 32.9 Å². The molecule has 0 bridgehead atoms. The zero-order valence-corrected chi connectivity index (χ0v) is 14.0. The Kier molecular flexibility index (Phi) is 6.75. The fourth-order valence-electron chi connectivity index (χ4n) is 2.21. The molecule has 0 radical (unpaired) electrons. The Labute approximate surface area is 142 Å². The third-order valence-corrected chi connectivity index (χ3v) is 3.33. The van der Waals surface area contributed by atoms with E-state index < -0.39 is 0 Å². The number of carbonyl (C=O) groups excluding carboxylic acids is 1. The maximum absolute atomic E-state index is 13.5. The van der Waals surface area contributed by atoms with E-state index in [1.807, 2.05) is 38.1 Å². The lowest BCUT2D eigenvalue weighted by molar-refractivity contribution is -0.116. The minimum atomic E-state index is -0.241.